The van der Waals surface area contributed by atoms with E-state index in [-0.39, 0.29) is 17.2 Å². The van der Waals surface area contributed by atoms with E-state index in [0.717, 1.165) is 21.6 Å². The van der Waals surface area contributed by atoms with Gasteiger partial charge in [-0.3, -0.25) is 10.0 Å². The summed E-state index contributed by atoms with van der Waals surface area (Å²) in [6, 6.07) is 14.2. The first-order valence-electron chi connectivity index (χ1n) is 9.54. The summed E-state index contributed by atoms with van der Waals surface area (Å²) in [5.74, 6) is 0.353. The molecule has 3 rings (SSSR count). The number of primary sulfonamides is 1. The van der Waals surface area contributed by atoms with Gasteiger partial charge < -0.3 is 4.74 Å². The number of sulfonamides is 1. The van der Waals surface area contributed by atoms with Crippen LogP contribution in [-0.2, 0) is 21.2 Å². The van der Waals surface area contributed by atoms with Crippen LogP contribution in [0.2, 0.25) is 0 Å². The van der Waals surface area contributed by atoms with Crippen molar-refractivity contribution in [2.45, 2.75) is 24.2 Å². The molecule has 0 saturated carbocycles. The Labute approximate surface area is 185 Å². The van der Waals surface area contributed by atoms with E-state index in [9.17, 15) is 18.4 Å². The van der Waals surface area contributed by atoms with Crippen molar-refractivity contribution in [3.63, 3.8) is 0 Å². The lowest BCUT2D eigenvalue weighted by Gasteiger charge is -2.12. The van der Waals surface area contributed by atoms with Crippen molar-refractivity contribution in [3.8, 4) is 28.0 Å². The first-order chi connectivity index (χ1) is 14.7. The summed E-state index contributed by atoms with van der Waals surface area (Å²) in [6.45, 7) is 0. The monoisotopic (exact) mass is 460 g/mol. The number of thiophene rings is 1. The number of nitrogens with zero attached hydrogens (tertiary/aromatic N) is 1. The molecule has 0 atom stereocenters. The molecule has 1 aromatic heterocycles. The standard InChI is InChI=1S/C22H24N2O5S2/c1-24(26)21(25)9-5-7-19-22(15-10-12-16(29-2)13-11-15)18(14-30-19)17-6-3-4-8-20(17)31(23,27)28/h3-4,6,8,10-14,26H,5,7,9H2,1-2H3,(H2,23,27,28). The maximum absolute atomic E-state index is 12.2. The maximum atomic E-state index is 12.2. The van der Waals surface area contributed by atoms with Crippen LogP contribution < -0.4 is 9.88 Å². The number of carbonyl (C=O) groups excluding carboxylic acids is 1. The zero-order valence-electron chi connectivity index (χ0n) is 17.2. The lowest BCUT2D eigenvalue weighted by Crippen LogP contribution is -2.22. The highest BCUT2D eigenvalue weighted by atomic mass is 32.2. The van der Waals surface area contributed by atoms with Gasteiger partial charge in [0.05, 0.1) is 12.0 Å². The van der Waals surface area contributed by atoms with Crippen molar-refractivity contribution in [2.75, 3.05) is 14.2 Å². The van der Waals surface area contributed by atoms with Gasteiger partial charge in [-0.1, -0.05) is 30.3 Å². The van der Waals surface area contributed by atoms with Crippen LogP contribution in [-0.4, -0.2) is 38.8 Å². The van der Waals surface area contributed by atoms with Gasteiger partial charge in [0.2, 0.25) is 15.9 Å². The van der Waals surface area contributed by atoms with Crippen molar-refractivity contribution in [3.05, 3.63) is 58.8 Å². The van der Waals surface area contributed by atoms with Crippen LogP contribution in [0.4, 0.5) is 0 Å². The van der Waals surface area contributed by atoms with Gasteiger partial charge in [-0.15, -0.1) is 11.3 Å². The molecule has 0 fully saturated rings. The minimum absolute atomic E-state index is 0.0613. The fourth-order valence-electron chi connectivity index (χ4n) is 3.35. The van der Waals surface area contributed by atoms with Crippen LogP contribution in [0.1, 0.15) is 17.7 Å². The van der Waals surface area contributed by atoms with E-state index < -0.39 is 10.0 Å². The molecule has 0 aliphatic rings. The SMILES string of the molecule is COc1ccc(-c2c(-c3ccccc3S(N)(=O)=O)csc2CCCC(=O)N(C)O)cc1. The molecular formula is C22H24N2O5S2. The Balaban J connectivity index is 2.08. The van der Waals surface area contributed by atoms with E-state index in [1.54, 1.807) is 25.3 Å². The lowest BCUT2D eigenvalue weighted by atomic mass is 9.95. The quantitative estimate of drug-likeness (QED) is 0.391. The minimum atomic E-state index is -3.91. The Kier molecular flexibility index (Phi) is 7.11. The summed E-state index contributed by atoms with van der Waals surface area (Å²) in [5.41, 5.74) is 3.10. The third kappa shape index (κ3) is 5.31. The number of hydroxylamine groups is 2. The van der Waals surface area contributed by atoms with Gasteiger partial charge in [0, 0.05) is 35.0 Å². The zero-order valence-corrected chi connectivity index (χ0v) is 18.9. The van der Waals surface area contributed by atoms with Crippen LogP contribution in [0.15, 0.2) is 58.8 Å². The van der Waals surface area contributed by atoms with E-state index in [1.165, 1.54) is 24.5 Å². The highest BCUT2D eigenvalue weighted by molar-refractivity contribution is 7.89. The number of hydrogen-bond donors (Lipinski definition) is 2. The van der Waals surface area contributed by atoms with Gasteiger partial charge in [0.1, 0.15) is 5.75 Å². The van der Waals surface area contributed by atoms with Crippen LogP contribution in [0.25, 0.3) is 22.3 Å². The molecule has 2 aromatic carbocycles. The molecule has 31 heavy (non-hydrogen) atoms. The molecule has 0 unspecified atom stereocenters. The lowest BCUT2D eigenvalue weighted by molar-refractivity contribution is -0.159. The molecule has 0 radical (unpaired) electrons. The molecule has 164 valence electrons. The van der Waals surface area contributed by atoms with Crippen molar-refractivity contribution < 1.29 is 23.2 Å². The smallest absolute Gasteiger partial charge is 0.245 e. The van der Waals surface area contributed by atoms with Crippen LogP contribution in [0.5, 0.6) is 5.75 Å². The van der Waals surface area contributed by atoms with E-state index in [2.05, 4.69) is 0 Å². The van der Waals surface area contributed by atoms with Gasteiger partial charge in [0.25, 0.3) is 0 Å². The molecule has 3 N–H and O–H groups in total. The van der Waals surface area contributed by atoms with Gasteiger partial charge >= 0.3 is 0 Å². The summed E-state index contributed by atoms with van der Waals surface area (Å²) in [6.07, 6.45) is 1.35. The van der Waals surface area contributed by atoms with Gasteiger partial charge in [0.15, 0.2) is 0 Å². The molecule has 0 aliphatic heterocycles. The van der Waals surface area contributed by atoms with E-state index in [1.807, 2.05) is 29.6 Å². The first kappa shape index (κ1) is 23.0. The average molecular weight is 461 g/mol. The predicted molar refractivity (Wildman–Crippen MR) is 121 cm³/mol. The number of carbonyl (C=O) groups is 1. The third-order valence-corrected chi connectivity index (χ3v) is 6.90. The van der Waals surface area contributed by atoms with Crippen molar-refractivity contribution in [1.29, 1.82) is 0 Å². The molecule has 1 amide bonds. The zero-order chi connectivity index (χ0) is 22.6. The summed E-state index contributed by atoms with van der Waals surface area (Å²) in [5, 5.41) is 17.2. The number of hydrogen-bond acceptors (Lipinski definition) is 6. The Morgan fingerprint density at radius 3 is 2.42 bits per heavy atom. The van der Waals surface area contributed by atoms with Crippen molar-refractivity contribution >= 4 is 27.3 Å². The fraction of sp³-hybridized carbons (Fsp3) is 0.227. The highest BCUT2D eigenvalue weighted by Crippen LogP contribution is 2.42. The molecule has 0 saturated heterocycles. The third-order valence-electron chi connectivity index (χ3n) is 4.89. The summed E-state index contributed by atoms with van der Waals surface area (Å²) in [7, 11) is -1.02. The summed E-state index contributed by atoms with van der Waals surface area (Å²) >= 11 is 1.50. The Morgan fingerprint density at radius 1 is 1.13 bits per heavy atom. The molecule has 0 spiro atoms. The molecular weight excluding hydrogens is 436 g/mol. The number of rotatable bonds is 8. The Bertz CT molecular complexity index is 1170. The second kappa shape index (κ2) is 9.61. The second-order valence-corrected chi connectivity index (χ2v) is 9.48. The maximum Gasteiger partial charge on any atom is 0.245 e. The van der Waals surface area contributed by atoms with E-state index in [4.69, 9.17) is 9.88 Å². The van der Waals surface area contributed by atoms with Crippen LogP contribution >= 0.6 is 11.3 Å². The number of amides is 1. The number of nitrogens with two attached hydrogens (primary N) is 1. The van der Waals surface area contributed by atoms with Gasteiger partial charge in [-0.25, -0.2) is 18.6 Å². The molecule has 1 heterocycles. The summed E-state index contributed by atoms with van der Waals surface area (Å²) < 4.78 is 29.6. The van der Waals surface area contributed by atoms with E-state index in [0.29, 0.717) is 29.2 Å². The van der Waals surface area contributed by atoms with Crippen molar-refractivity contribution in [1.82, 2.24) is 5.06 Å². The summed E-state index contributed by atoms with van der Waals surface area (Å²) in [4.78, 5) is 12.8. The highest BCUT2D eigenvalue weighted by Gasteiger charge is 2.21. The first-order valence-corrected chi connectivity index (χ1v) is 12.0. The van der Waals surface area contributed by atoms with Gasteiger partial charge in [-0.2, -0.15) is 0 Å². The van der Waals surface area contributed by atoms with Crippen molar-refractivity contribution in [2.24, 2.45) is 5.14 Å². The molecule has 0 aliphatic carbocycles. The topological polar surface area (TPSA) is 110 Å². The molecule has 7 nitrogen and oxygen atoms in total. The molecule has 0 bridgehead atoms. The molecule has 9 heteroatoms. The minimum Gasteiger partial charge on any atom is -0.497 e. The second-order valence-electron chi connectivity index (χ2n) is 6.99. The Morgan fingerprint density at radius 2 is 1.81 bits per heavy atom. The number of ether oxygens (including phenoxy) is 1. The number of aryl methyl sites for hydroxylation is 1. The Hall–Kier alpha value is -2.72. The molecule has 3 aromatic rings. The average Bonchev–Trinajstić information content (AvgIpc) is 3.16. The fourth-order valence-corrected chi connectivity index (χ4v) is 5.22. The number of benzene rings is 2. The normalized spacial score (nSPS) is 11.4. The predicted octanol–water partition coefficient (Wildman–Crippen LogP) is 3.91. The van der Waals surface area contributed by atoms with Crippen LogP contribution in [0, 0.1) is 0 Å². The van der Waals surface area contributed by atoms with Gasteiger partial charge in [-0.05, 0) is 42.0 Å². The van der Waals surface area contributed by atoms with E-state index >= 15 is 0 Å². The number of methoxy groups -OCH3 is 1. The largest absolute Gasteiger partial charge is 0.497 e. The van der Waals surface area contributed by atoms with Crippen LogP contribution in [0.3, 0.4) is 0 Å².